The fourth-order valence-corrected chi connectivity index (χ4v) is 6.67. The zero-order chi connectivity index (χ0) is 22.8. The minimum absolute atomic E-state index is 0.0701. The summed E-state index contributed by atoms with van der Waals surface area (Å²) in [5.41, 5.74) is -0.880. The third kappa shape index (κ3) is 4.72. The number of carbonyl (C=O) groups excluding carboxylic acids is 2. The second-order valence-corrected chi connectivity index (χ2v) is 10.7. The quantitative estimate of drug-likeness (QED) is 0.613. The van der Waals surface area contributed by atoms with Gasteiger partial charge in [0.2, 0.25) is 5.91 Å². The number of piperidine rings is 1. The molecule has 3 rings (SSSR count). The number of hydrogen-bond acceptors (Lipinski definition) is 5. The normalized spacial score (nSPS) is 39.0. The predicted molar refractivity (Wildman–Crippen MR) is 118 cm³/mol. The van der Waals surface area contributed by atoms with Gasteiger partial charge in [-0.1, -0.05) is 20.8 Å². The van der Waals surface area contributed by atoms with Crippen LogP contribution in [0.15, 0.2) is 0 Å². The molecule has 0 bridgehead atoms. The molecule has 0 aromatic rings. The number of aliphatic hydroxyl groups is 2. The molecule has 178 valence electrons. The summed E-state index contributed by atoms with van der Waals surface area (Å²) in [7, 11) is 0. The number of ether oxygens (including phenoxy) is 1. The maximum absolute atomic E-state index is 13.1. The Kier molecular flexibility index (Phi) is 7.57. The smallest absolute Gasteiger partial charge is 0.407 e. The average molecular weight is 439 g/mol. The Balaban J connectivity index is 1.78. The molecule has 3 fully saturated rings. The van der Waals surface area contributed by atoms with Crippen molar-refractivity contribution in [3.05, 3.63) is 0 Å². The first-order valence-corrected chi connectivity index (χ1v) is 12.2. The molecule has 3 N–H and O–H groups in total. The molecular formula is C24H42N2O5. The van der Waals surface area contributed by atoms with Crippen LogP contribution in [-0.2, 0) is 9.53 Å². The molecule has 6 atom stereocenters. The first-order chi connectivity index (χ1) is 14.7. The Morgan fingerprint density at radius 2 is 1.81 bits per heavy atom. The number of alkyl carbamates (subject to hydrolysis) is 1. The summed E-state index contributed by atoms with van der Waals surface area (Å²) in [6.07, 6.45) is 3.86. The van der Waals surface area contributed by atoms with E-state index in [-0.39, 0.29) is 35.9 Å². The van der Waals surface area contributed by atoms with Crippen molar-refractivity contribution in [1.82, 2.24) is 10.2 Å². The van der Waals surface area contributed by atoms with Gasteiger partial charge in [0.25, 0.3) is 0 Å². The summed E-state index contributed by atoms with van der Waals surface area (Å²) in [6.45, 7) is 10.3. The van der Waals surface area contributed by atoms with Gasteiger partial charge in [0.05, 0.1) is 12.7 Å². The molecule has 0 radical (unpaired) electrons. The van der Waals surface area contributed by atoms with Crippen molar-refractivity contribution in [3.63, 3.8) is 0 Å². The van der Waals surface area contributed by atoms with Gasteiger partial charge in [0.15, 0.2) is 0 Å². The fraction of sp³-hybridized carbons (Fsp3) is 0.917. The Bertz CT molecular complexity index is 650. The van der Waals surface area contributed by atoms with Crippen LogP contribution in [0.4, 0.5) is 4.79 Å². The van der Waals surface area contributed by atoms with Crippen LogP contribution in [0.3, 0.4) is 0 Å². The summed E-state index contributed by atoms with van der Waals surface area (Å²) in [4.78, 5) is 27.2. The lowest BCUT2D eigenvalue weighted by Gasteiger charge is -2.60. The second kappa shape index (κ2) is 9.65. The van der Waals surface area contributed by atoms with Crippen molar-refractivity contribution in [2.24, 2.45) is 28.6 Å². The van der Waals surface area contributed by atoms with Crippen LogP contribution in [0.1, 0.15) is 72.6 Å². The van der Waals surface area contributed by atoms with Crippen LogP contribution < -0.4 is 5.32 Å². The SMILES string of the molecule is CCNC(=O)O[C@@H]1CC[C@]2(C)[C@@H](CC[C@@H](O)[C@H]2CC(=O)N2CCC(C)CC2)[C@]1(C)CO. The van der Waals surface area contributed by atoms with Gasteiger partial charge in [-0.05, 0) is 68.6 Å². The molecular weight excluding hydrogens is 396 g/mol. The Labute approximate surface area is 186 Å². The van der Waals surface area contributed by atoms with E-state index in [9.17, 15) is 19.8 Å². The number of likely N-dealkylation sites (tertiary alicyclic amines) is 1. The maximum Gasteiger partial charge on any atom is 0.407 e. The molecule has 2 saturated carbocycles. The third-order valence-corrected chi connectivity index (χ3v) is 8.78. The Morgan fingerprint density at radius 3 is 2.42 bits per heavy atom. The van der Waals surface area contributed by atoms with Crippen molar-refractivity contribution < 1.29 is 24.5 Å². The van der Waals surface area contributed by atoms with E-state index in [1.54, 1.807) is 0 Å². The molecule has 1 saturated heterocycles. The van der Waals surface area contributed by atoms with E-state index < -0.39 is 17.6 Å². The van der Waals surface area contributed by atoms with E-state index in [4.69, 9.17) is 4.74 Å². The molecule has 2 aliphatic carbocycles. The predicted octanol–water partition coefficient (Wildman–Crippen LogP) is 2.94. The summed E-state index contributed by atoms with van der Waals surface area (Å²) >= 11 is 0. The van der Waals surface area contributed by atoms with Gasteiger partial charge < -0.3 is 25.2 Å². The fourth-order valence-electron chi connectivity index (χ4n) is 6.67. The molecule has 3 aliphatic rings. The number of hydrogen-bond donors (Lipinski definition) is 3. The van der Waals surface area contributed by atoms with Crippen molar-refractivity contribution in [2.75, 3.05) is 26.2 Å². The highest BCUT2D eigenvalue weighted by atomic mass is 16.6. The van der Waals surface area contributed by atoms with Gasteiger partial charge in [0.1, 0.15) is 6.10 Å². The number of nitrogens with zero attached hydrogens (tertiary/aromatic N) is 1. The van der Waals surface area contributed by atoms with Crippen LogP contribution >= 0.6 is 0 Å². The number of nitrogens with one attached hydrogen (secondary N) is 1. The average Bonchev–Trinajstić information content (AvgIpc) is 2.73. The Hall–Kier alpha value is -1.34. The molecule has 0 unspecified atom stereocenters. The molecule has 1 aliphatic heterocycles. The second-order valence-electron chi connectivity index (χ2n) is 10.7. The minimum Gasteiger partial charge on any atom is -0.446 e. The molecule has 7 nitrogen and oxygen atoms in total. The number of carbonyl (C=O) groups is 2. The van der Waals surface area contributed by atoms with Gasteiger partial charge in [0, 0.05) is 31.5 Å². The largest absolute Gasteiger partial charge is 0.446 e. The van der Waals surface area contributed by atoms with Crippen LogP contribution in [0, 0.1) is 28.6 Å². The van der Waals surface area contributed by atoms with Gasteiger partial charge in [-0.3, -0.25) is 4.79 Å². The molecule has 2 amide bonds. The van der Waals surface area contributed by atoms with Crippen LogP contribution in [0.5, 0.6) is 0 Å². The van der Waals surface area contributed by atoms with E-state index in [2.05, 4.69) is 19.2 Å². The monoisotopic (exact) mass is 438 g/mol. The zero-order valence-corrected chi connectivity index (χ0v) is 19.7. The van der Waals surface area contributed by atoms with E-state index in [1.165, 1.54) is 0 Å². The van der Waals surface area contributed by atoms with Gasteiger partial charge >= 0.3 is 6.09 Å². The minimum atomic E-state index is -0.597. The van der Waals surface area contributed by atoms with E-state index in [0.29, 0.717) is 31.7 Å². The standard InChI is InChI=1S/C24H42N2O5/c1-5-25-22(30)31-20-8-11-23(3)17(14-21(29)26-12-9-16(2)10-13-26)18(28)6-7-19(23)24(20,4)15-27/h16-20,27-28H,5-15H2,1-4H3,(H,25,30)/t17-,18-,19-,20-,23+,24+/m1/s1. The summed E-state index contributed by atoms with van der Waals surface area (Å²) < 4.78 is 5.73. The van der Waals surface area contributed by atoms with Gasteiger partial charge in [-0.15, -0.1) is 0 Å². The number of rotatable bonds is 5. The molecule has 0 aromatic carbocycles. The highest BCUT2D eigenvalue weighted by Crippen LogP contribution is 2.61. The molecule has 1 heterocycles. The maximum atomic E-state index is 13.1. The van der Waals surface area contributed by atoms with E-state index >= 15 is 0 Å². The van der Waals surface area contributed by atoms with Crippen LogP contribution in [0.25, 0.3) is 0 Å². The topological polar surface area (TPSA) is 99.1 Å². The highest BCUT2D eigenvalue weighted by molar-refractivity contribution is 5.76. The third-order valence-electron chi connectivity index (χ3n) is 8.78. The lowest BCUT2D eigenvalue weighted by Crippen LogP contribution is -2.61. The van der Waals surface area contributed by atoms with E-state index in [0.717, 1.165) is 38.8 Å². The van der Waals surface area contributed by atoms with Crippen molar-refractivity contribution in [2.45, 2.75) is 84.8 Å². The lowest BCUT2D eigenvalue weighted by atomic mass is 9.46. The molecule has 0 aromatic heterocycles. The number of fused-ring (bicyclic) bond motifs is 1. The summed E-state index contributed by atoms with van der Waals surface area (Å²) in [5.74, 6) is 0.732. The van der Waals surface area contributed by atoms with Crippen molar-refractivity contribution in [3.8, 4) is 0 Å². The number of amides is 2. The van der Waals surface area contributed by atoms with Gasteiger partial charge in [-0.2, -0.15) is 0 Å². The first-order valence-electron chi connectivity index (χ1n) is 12.2. The summed E-state index contributed by atoms with van der Waals surface area (Å²) in [5, 5.41) is 24.1. The van der Waals surface area contributed by atoms with Crippen LogP contribution in [0.2, 0.25) is 0 Å². The Morgan fingerprint density at radius 1 is 1.13 bits per heavy atom. The first kappa shape index (κ1) is 24.3. The molecule has 31 heavy (non-hydrogen) atoms. The highest BCUT2D eigenvalue weighted by Gasteiger charge is 2.60. The van der Waals surface area contributed by atoms with Gasteiger partial charge in [-0.25, -0.2) is 4.79 Å². The van der Waals surface area contributed by atoms with Crippen LogP contribution in [-0.4, -0.2) is 65.6 Å². The lowest BCUT2D eigenvalue weighted by molar-refractivity contribution is -0.187. The van der Waals surface area contributed by atoms with Crippen molar-refractivity contribution in [1.29, 1.82) is 0 Å². The zero-order valence-electron chi connectivity index (χ0n) is 19.7. The summed E-state index contributed by atoms with van der Waals surface area (Å²) in [6, 6.07) is 0. The number of aliphatic hydroxyl groups excluding tert-OH is 2. The van der Waals surface area contributed by atoms with E-state index in [1.807, 2.05) is 18.7 Å². The molecule has 0 spiro atoms. The van der Waals surface area contributed by atoms with Crippen molar-refractivity contribution >= 4 is 12.0 Å². The molecule has 7 heteroatoms.